The third-order valence-electron chi connectivity index (χ3n) is 3.82. The number of hydrogen-bond acceptors (Lipinski definition) is 4. The minimum atomic E-state index is -0.0139. The van der Waals surface area contributed by atoms with Crippen LogP contribution in [0.15, 0.2) is 6.07 Å². The van der Waals surface area contributed by atoms with E-state index in [9.17, 15) is 4.79 Å². The largest absolute Gasteiger partial charge is 0.350 e. The van der Waals surface area contributed by atoms with Crippen LogP contribution in [0, 0.1) is 18.8 Å². The molecule has 1 atom stereocenters. The summed E-state index contributed by atoms with van der Waals surface area (Å²) in [7, 11) is 2.13. The molecule has 1 aliphatic rings. The number of thiophene rings is 1. The maximum absolute atomic E-state index is 12.2. The smallest absolute Gasteiger partial charge is 0.261 e. The molecule has 3 N–H and O–H groups in total. The average molecular weight is 305 g/mol. The number of likely N-dealkylation sites (N-methyl/N-ethyl adjacent to an activating group) is 1. The van der Waals surface area contributed by atoms with Gasteiger partial charge in [0.25, 0.3) is 5.91 Å². The number of carbonyl (C=O) groups excluding carboxylic acids is 1. The van der Waals surface area contributed by atoms with E-state index in [-0.39, 0.29) is 5.91 Å². The van der Waals surface area contributed by atoms with E-state index in [2.05, 4.69) is 36.0 Å². The van der Waals surface area contributed by atoms with Crippen LogP contribution in [-0.2, 0) is 0 Å². The first kappa shape index (κ1) is 16.0. The zero-order chi connectivity index (χ0) is 15.4. The van der Waals surface area contributed by atoms with Gasteiger partial charge in [-0.2, -0.15) is 0 Å². The Morgan fingerprint density at radius 1 is 1.62 bits per heavy atom. The maximum Gasteiger partial charge on any atom is 0.261 e. The van der Waals surface area contributed by atoms with Crippen LogP contribution in [0.4, 0.5) is 0 Å². The fraction of sp³-hybridized carbons (Fsp3) is 0.562. The summed E-state index contributed by atoms with van der Waals surface area (Å²) in [6, 6.07) is 2.97. The highest BCUT2D eigenvalue weighted by molar-refractivity contribution is 7.14. The number of carbonyl (C=O) groups is 1. The fourth-order valence-corrected chi connectivity index (χ4v) is 3.13. The highest BCUT2D eigenvalue weighted by Crippen LogP contribution is 2.26. The van der Waals surface area contributed by atoms with Crippen molar-refractivity contribution in [2.45, 2.75) is 38.8 Å². The number of hydrogen-bond donors (Lipinski definition) is 2. The van der Waals surface area contributed by atoms with Crippen LogP contribution >= 0.6 is 11.3 Å². The quantitative estimate of drug-likeness (QED) is 0.812. The van der Waals surface area contributed by atoms with Crippen LogP contribution in [-0.4, -0.2) is 43.0 Å². The summed E-state index contributed by atoms with van der Waals surface area (Å²) in [5, 5.41) is 3.02. The molecule has 1 saturated carbocycles. The second-order valence-corrected chi connectivity index (χ2v) is 6.64. The highest BCUT2D eigenvalue weighted by atomic mass is 32.1. The zero-order valence-corrected chi connectivity index (χ0v) is 13.7. The van der Waals surface area contributed by atoms with E-state index >= 15 is 0 Å². The van der Waals surface area contributed by atoms with E-state index in [1.807, 2.05) is 13.0 Å². The van der Waals surface area contributed by atoms with Gasteiger partial charge in [0.15, 0.2) is 0 Å². The van der Waals surface area contributed by atoms with Crippen molar-refractivity contribution in [2.75, 3.05) is 20.1 Å². The lowest BCUT2D eigenvalue weighted by Gasteiger charge is -2.24. The summed E-state index contributed by atoms with van der Waals surface area (Å²) in [6.45, 7) is 5.13. The maximum atomic E-state index is 12.2. The van der Waals surface area contributed by atoms with Gasteiger partial charge in [0.05, 0.1) is 16.3 Å². The van der Waals surface area contributed by atoms with Crippen molar-refractivity contribution in [1.29, 1.82) is 0 Å². The fourth-order valence-electron chi connectivity index (χ4n) is 2.16. The van der Waals surface area contributed by atoms with Crippen LogP contribution in [0.5, 0.6) is 0 Å². The first-order valence-electron chi connectivity index (χ1n) is 7.32. The Hall–Kier alpha value is -1.35. The molecule has 2 rings (SSSR count). The van der Waals surface area contributed by atoms with Gasteiger partial charge in [0.1, 0.15) is 0 Å². The number of nitrogens with one attached hydrogen (secondary N) is 1. The lowest BCUT2D eigenvalue weighted by molar-refractivity contribution is 0.0943. The van der Waals surface area contributed by atoms with E-state index < -0.39 is 0 Å². The van der Waals surface area contributed by atoms with E-state index in [4.69, 9.17) is 5.73 Å². The molecule has 1 fully saturated rings. The Morgan fingerprint density at radius 3 is 2.95 bits per heavy atom. The molecule has 4 nitrogen and oxygen atoms in total. The summed E-state index contributed by atoms with van der Waals surface area (Å²) in [4.78, 5) is 16.2. The molecular formula is C16H23N3OS. The molecule has 1 aliphatic carbocycles. The minimum Gasteiger partial charge on any atom is -0.350 e. The second-order valence-electron chi connectivity index (χ2n) is 5.58. The Bertz CT molecular complexity index is 566. The van der Waals surface area contributed by atoms with Crippen LogP contribution < -0.4 is 11.1 Å². The molecule has 0 bridgehead atoms. The van der Waals surface area contributed by atoms with Crippen molar-refractivity contribution in [3.05, 3.63) is 21.4 Å². The number of amides is 1. The topological polar surface area (TPSA) is 58.4 Å². The molecule has 0 spiro atoms. The van der Waals surface area contributed by atoms with Gasteiger partial charge < -0.3 is 11.1 Å². The number of nitrogens with zero attached hydrogens (tertiary/aromatic N) is 1. The molecule has 0 aromatic carbocycles. The Labute approximate surface area is 130 Å². The van der Waals surface area contributed by atoms with Crippen LogP contribution in [0.3, 0.4) is 0 Å². The van der Waals surface area contributed by atoms with Crippen LogP contribution in [0.1, 0.15) is 39.9 Å². The zero-order valence-electron chi connectivity index (χ0n) is 12.9. The van der Waals surface area contributed by atoms with Crippen LogP contribution in [0.25, 0.3) is 0 Å². The van der Waals surface area contributed by atoms with E-state index in [0.717, 1.165) is 15.3 Å². The molecule has 0 aliphatic heterocycles. The predicted octanol–water partition coefficient (Wildman–Crippen LogP) is 1.58. The summed E-state index contributed by atoms with van der Waals surface area (Å²) >= 11 is 1.43. The molecular weight excluding hydrogens is 282 g/mol. The van der Waals surface area contributed by atoms with Gasteiger partial charge in [0.2, 0.25) is 0 Å². The van der Waals surface area contributed by atoms with Crippen molar-refractivity contribution < 1.29 is 4.79 Å². The van der Waals surface area contributed by atoms with Gasteiger partial charge in [-0.3, -0.25) is 9.69 Å². The number of aryl methyl sites for hydroxylation is 1. The van der Waals surface area contributed by atoms with E-state index in [1.165, 1.54) is 24.2 Å². The lowest BCUT2D eigenvalue weighted by Crippen LogP contribution is -2.41. The minimum absolute atomic E-state index is 0.0139. The monoisotopic (exact) mass is 305 g/mol. The molecule has 0 radical (unpaired) electrons. The molecule has 1 aromatic heterocycles. The number of rotatable bonds is 5. The second kappa shape index (κ2) is 7.08. The summed E-state index contributed by atoms with van der Waals surface area (Å²) < 4.78 is 0. The van der Waals surface area contributed by atoms with Crippen molar-refractivity contribution in [2.24, 2.45) is 5.73 Å². The predicted molar refractivity (Wildman–Crippen MR) is 87.6 cm³/mol. The third kappa shape index (κ3) is 4.31. The first-order chi connectivity index (χ1) is 10.0. The third-order valence-corrected chi connectivity index (χ3v) is 4.97. The summed E-state index contributed by atoms with van der Waals surface area (Å²) in [5.74, 6) is 5.83. The molecule has 21 heavy (non-hydrogen) atoms. The van der Waals surface area contributed by atoms with Gasteiger partial charge in [-0.1, -0.05) is 11.8 Å². The van der Waals surface area contributed by atoms with Gasteiger partial charge in [-0.15, -0.1) is 11.3 Å². The van der Waals surface area contributed by atoms with Crippen molar-refractivity contribution in [3.63, 3.8) is 0 Å². The molecule has 1 amide bonds. The summed E-state index contributed by atoms with van der Waals surface area (Å²) in [6.07, 6.45) is 2.56. The Kier molecular flexibility index (Phi) is 5.40. The summed E-state index contributed by atoms with van der Waals surface area (Å²) in [5.41, 5.74) is 6.42. The highest BCUT2D eigenvalue weighted by Gasteiger charge is 2.29. The Balaban J connectivity index is 1.90. The van der Waals surface area contributed by atoms with Gasteiger partial charge in [-0.05, 0) is 45.4 Å². The van der Waals surface area contributed by atoms with Gasteiger partial charge >= 0.3 is 0 Å². The molecule has 1 aromatic rings. The molecule has 114 valence electrons. The van der Waals surface area contributed by atoms with Crippen molar-refractivity contribution in [1.82, 2.24) is 10.2 Å². The van der Waals surface area contributed by atoms with Crippen LogP contribution in [0.2, 0.25) is 0 Å². The van der Waals surface area contributed by atoms with Crippen molar-refractivity contribution >= 4 is 17.2 Å². The Morgan fingerprint density at radius 2 is 2.33 bits per heavy atom. The SMILES string of the molecule is Cc1cc(C(=O)NCC(C)N(C)C2CC2)sc1C#CCN. The van der Waals surface area contributed by atoms with Crippen molar-refractivity contribution in [3.8, 4) is 11.8 Å². The normalized spacial score (nSPS) is 15.5. The van der Waals surface area contributed by atoms with E-state index in [1.54, 1.807) is 0 Å². The first-order valence-corrected chi connectivity index (χ1v) is 8.14. The van der Waals surface area contributed by atoms with Gasteiger partial charge in [-0.25, -0.2) is 0 Å². The lowest BCUT2D eigenvalue weighted by atomic mass is 10.2. The molecule has 0 saturated heterocycles. The standard InChI is InChI=1S/C16H23N3OS/c1-11-9-15(21-14(11)5-4-8-17)16(20)18-10-12(2)19(3)13-6-7-13/h9,12-13H,6-8,10,17H2,1-3H3,(H,18,20). The molecule has 5 heteroatoms. The molecule has 1 heterocycles. The van der Waals surface area contributed by atoms with Gasteiger partial charge in [0, 0.05) is 18.6 Å². The average Bonchev–Trinajstić information content (AvgIpc) is 3.25. The molecule has 1 unspecified atom stereocenters. The van der Waals surface area contributed by atoms with E-state index in [0.29, 0.717) is 25.2 Å². The number of nitrogens with two attached hydrogens (primary N) is 1.